The average Bonchev–Trinajstić information content (AvgIpc) is 3.07. The zero-order valence-corrected chi connectivity index (χ0v) is 15.4. The number of ether oxygens (including phenoxy) is 1. The molecule has 140 valence electrons. The maximum atomic E-state index is 13.6. The molecule has 0 radical (unpaired) electrons. The molecule has 2 N–H and O–H groups in total. The van der Waals surface area contributed by atoms with Crippen LogP contribution in [-0.2, 0) is 0 Å². The summed E-state index contributed by atoms with van der Waals surface area (Å²) >= 11 is 0. The molecule has 0 fully saturated rings. The Balaban J connectivity index is 1.76. The number of nitrogens with one attached hydrogen (secondary N) is 2. The number of halogens is 1. The molecular weight excluding hydrogens is 345 g/mol. The Labute approximate surface area is 157 Å². The molecule has 0 saturated heterocycles. The number of benzene rings is 1. The van der Waals surface area contributed by atoms with E-state index in [1.165, 1.54) is 12.1 Å². The van der Waals surface area contributed by atoms with Crippen LogP contribution < -0.4 is 15.4 Å². The molecule has 0 saturated carbocycles. The number of aromatic nitrogens is 3. The SMILES string of the molecule is CC(C)c1cnc2c(Nc3cccc(F)c3)cc(OC3=CCCNC3)nn12. The van der Waals surface area contributed by atoms with Gasteiger partial charge in [-0.2, -0.15) is 0 Å². The number of imidazole rings is 1. The highest BCUT2D eigenvalue weighted by atomic mass is 19.1. The van der Waals surface area contributed by atoms with Gasteiger partial charge in [0.25, 0.3) is 0 Å². The summed E-state index contributed by atoms with van der Waals surface area (Å²) in [4.78, 5) is 4.51. The third kappa shape index (κ3) is 3.78. The van der Waals surface area contributed by atoms with Crippen molar-refractivity contribution in [3.8, 4) is 5.88 Å². The van der Waals surface area contributed by atoms with E-state index in [0.717, 1.165) is 24.4 Å². The average molecular weight is 367 g/mol. The van der Waals surface area contributed by atoms with E-state index in [0.29, 0.717) is 29.4 Å². The van der Waals surface area contributed by atoms with Crippen LogP contribution in [0.3, 0.4) is 0 Å². The zero-order chi connectivity index (χ0) is 18.8. The third-order valence-electron chi connectivity index (χ3n) is 4.39. The highest BCUT2D eigenvalue weighted by Crippen LogP contribution is 2.28. The lowest BCUT2D eigenvalue weighted by atomic mass is 10.2. The Morgan fingerprint density at radius 1 is 1.30 bits per heavy atom. The molecule has 1 aliphatic heterocycles. The van der Waals surface area contributed by atoms with Crippen molar-refractivity contribution in [1.29, 1.82) is 0 Å². The predicted molar refractivity (Wildman–Crippen MR) is 103 cm³/mol. The van der Waals surface area contributed by atoms with Gasteiger partial charge in [-0.25, -0.2) is 13.9 Å². The summed E-state index contributed by atoms with van der Waals surface area (Å²) in [6.45, 7) is 5.80. The van der Waals surface area contributed by atoms with Crippen molar-refractivity contribution in [3.63, 3.8) is 0 Å². The fraction of sp³-hybridized carbons (Fsp3) is 0.300. The molecule has 0 spiro atoms. The predicted octanol–water partition coefficient (Wildman–Crippen LogP) is 3.99. The largest absolute Gasteiger partial charge is 0.441 e. The van der Waals surface area contributed by atoms with Gasteiger partial charge in [0.2, 0.25) is 5.88 Å². The van der Waals surface area contributed by atoms with Gasteiger partial charge in [0.15, 0.2) is 5.65 Å². The number of fused-ring (bicyclic) bond motifs is 1. The van der Waals surface area contributed by atoms with Gasteiger partial charge in [-0.05, 0) is 43.2 Å². The summed E-state index contributed by atoms with van der Waals surface area (Å²) < 4.78 is 21.4. The van der Waals surface area contributed by atoms with E-state index in [1.807, 2.05) is 6.20 Å². The smallest absolute Gasteiger partial charge is 0.239 e. The van der Waals surface area contributed by atoms with Crippen LogP contribution >= 0.6 is 0 Å². The first-order valence-corrected chi connectivity index (χ1v) is 9.09. The maximum absolute atomic E-state index is 13.6. The van der Waals surface area contributed by atoms with E-state index < -0.39 is 0 Å². The summed E-state index contributed by atoms with van der Waals surface area (Å²) in [5.74, 6) is 1.26. The van der Waals surface area contributed by atoms with Gasteiger partial charge in [0.1, 0.15) is 11.6 Å². The van der Waals surface area contributed by atoms with E-state index in [9.17, 15) is 4.39 Å². The zero-order valence-electron chi connectivity index (χ0n) is 15.4. The van der Waals surface area contributed by atoms with Crippen molar-refractivity contribution in [3.05, 3.63) is 59.9 Å². The second-order valence-corrected chi connectivity index (χ2v) is 6.84. The second kappa shape index (κ2) is 7.36. The molecule has 3 heterocycles. The van der Waals surface area contributed by atoms with Gasteiger partial charge in [0.05, 0.1) is 24.1 Å². The van der Waals surface area contributed by atoms with Gasteiger partial charge in [-0.15, -0.1) is 5.10 Å². The Morgan fingerprint density at radius 2 is 2.19 bits per heavy atom. The first-order valence-electron chi connectivity index (χ1n) is 9.09. The van der Waals surface area contributed by atoms with Crippen molar-refractivity contribution >= 4 is 17.0 Å². The molecule has 4 rings (SSSR count). The van der Waals surface area contributed by atoms with Crippen LogP contribution in [0.5, 0.6) is 5.88 Å². The number of anilines is 2. The second-order valence-electron chi connectivity index (χ2n) is 6.84. The maximum Gasteiger partial charge on any atom is 0.239 e. The lowest BCUT2D eigenvalue weighted by molar-refractivity contribution is 0.371. The van der Waals surface area contributed by atoms with Crippen LogP contribution in [0.4, 0.5) is 15.8 Å². The van der Waals surface area contributed by atoms with E-state index in [4.69, 9.17) is 4.74 Å². The summed E-state index contributed by atoms with van der Waals surface area (Å²) in [6, 6.07) is 8.12. The van der Waals surface area contributed by atoms with E-state index in [2.05, 4.69) is 40.6 Å². The number of hydrogen-bond acceptors (Lipinski definition) is 5. The minimum absolute atomic E-state index is 0.250. The fourth-order valence-corrected chi connectivity index (χ4v) is 3.05. The highest BCUT2D eigenvalue weighted by molar-refractivity contribution is 5.74. The van der Waals surface area contributed by atoms with Crippen molar-refractivity contribution in [2.24, 2.45) is 0 Å². The summed E-state index contributed by atoms with van der Waals surface area (Å²) in [7, 11) is 0. The molecule has 0 aliphatic carbocycles. The number of nitrogens with zero attached hydrogens (tertiary/aromatic N) is 3. The molecule has 7 heteroatoms. The summed E-state index contributed by atoms with van der Waals surface area (Å²) in [5, 5.41) is 11.1. The van der Waals surface area contributed by atoms with Crippen LogP contribution in [0.25, 0.3) is 5.65 Å². The van der Waals surface area contributed by atoms with Crippen LogP contribution in [0.2, 0.25) is 0 Å². The number of rotatable bonds is 5. The van der Waals surface area contributed by atoms with Crippen LogP contribution in [0.15, 0.2) is 48.4 Å². The first-order chi connectivity index (χ1) is 13.1. The van der Waals surface area contributed by atoms with Gasteiger partial charge < -0.3 is 15.4 Å². The molecule has 3 aromatic rings. The van der Waals surface area contributed by atoms with Gasteiger partial charge in [0, 0.05) is 11.8 Å². The molecule has 2 aromatic heterocycles. The van der Waals surface area contributed by atoms with Gasteiger partial charge >= 0.3 is 0 Å². The number of hydrogen-bond donors (Lipinski definition) is 2. The highest BCUT2D eigenvalue weighted by Gasteiger charge is 2.16. The van der Waals surface area contributed by atoms with Crippen LogP contribution in [0, 0.1) is 5.82 Å². The molecule has 1 aromatic carbocycles. The quantitative estimate of drug-likeness (QED) is 0.714. The molecule has 0 unspecified atom stereocenters. The topological polar surface area (TPSA) is 63.5 Å². The van der Waals surface area contributed by atoms with Gasteiger partial charge in [-0.1, -0.05) is 19.9 Å². The molecular formula is C20H22FN5O. The van der Waals surface area contributed by atoms with Crippen molar-refractivity contribution in [2.45, 2.75) is 26.2 Å². The van der Waals surface area contributed by atoms with Crippen LogP contribution in [-0.4, -0.2) is 27.7 Å². The van der Waals surface area contributed by atoms with E-state index in [1.54, 1.807) is 22.7 Å². The van der Waals surface area contributed by atoms with Crippen molar-refractivity contribution in [2.75, 3.05) is 18.4 Å². The molecule has 0 atom stereocenters. The molecule has 0 bridgehead atoms. The van der Waals surface area contributed by atoms with Gasteiger partial charge in [-0.3, -0.25) is 0 Å². The van der Waals surface area contributed by atoms with E-state index >= 15 is 0 Å². The normalized spacial score (nSPS) is 14.4. The summed E-state index contributed by atoms with van der Waals surface area (Å²) in [5.41, 5.74) is 3.00. The fourth-order valence-electron chi connectivity index (χ4n) is 3.05. The molecule has 0 amide bonds. The van der Waals surface area contributed by atoms with E-state index in [-0.39, 0.29) is 11.7 Å². The Hall–Kier alpha value is -2.93. The van der Waals surface area contributed by atoms with Crippen LogP contribution in [0.1, 0.15) is 31.9 Å². The molecule has 6 nitrogen and oxygen atoms in total. The minimum atomic E-state index is -0.300. The Bertz CT molecular complexity index is 995. The van der Waals surface area contributed by atoms with Crippen molar-refractivity contribution in [1.82, 2.24) is 19.9 Å². The molecule has 27 heavy (non-hydrogen) atoms. The summed E-state index contributed by atoms with van der Waals surface area (Å²) in [6.07, 6.45) is 4.81. The minimum Gasteiger partial charge on any atom is -0.441 e. The monoisotopic (exact) mass is 367 g/mol. The third-order valence-corrected chi connectivity index (χ3v) is 4.39. The Kier molecular flexibility index (Phi) is 4.77. The molecule has 1 aliphatic rings. The lowest BCUT2D eigenvalue weighted by Gasteiger charge is -2.16. The van der Waals surface area contributed by atoms with Crippen molar-refractivity contribution < 1.29 is 9.13 Å². The lowest BCUT2D eigenvalue weighted by Crippen LogP contribution is -2.24. The first kappa shape index (κ1) is 17.5. The standard InChI is InChI=1S/C20H22FN5O/c1-13(2)18-12-23-20-17(24-15-6-3-5-14(21)9-15)10-19(25-26(18)20)27-16-7-4-8-22-11-16/h3,5-7,9-10,12-13,22,24H,4,8,11H2,1-2H3. The Morgan fingerprint density at radius 3 is 2.93 bits per heavy atom.